The van der Waals surface area contributed by atoms with Gasteiger partial charge in [-0.25, -0.2) is 0 Å². The summed E-state index contributed by atoms with van der Waals surface area (Å²) in [6.45, 7) is 12.6. The van der Waals surface area contributed by atoms with Gasteiger partial charge in [0.05, 0.1) is 12.5 Å². The maximum atomic E-state index is 11.9. The highest BCUT2D eigenvalue weighted by Crippen LogP contribution is 2.17. The standard InChI is InChI=1S/C16H34O3SSi/c1-7-21(5,6)10-8-9-19-16(17)15(3)13-20-12-14(2)11-18-4/h14-15H,7-13H2,1-6H3. The molecule has 0 aliphatic heterocycles. The second-order valence-corrected chi connectivity index (χ2v) is 13.4. The first-order chi connectivity index (χ1) is 9.82. The van der Waals surface area contributed by atoms with Crippen LogP contribution in [0.2, 0.25) is 25.2 Å². The van der Waals surface area contributed by atoms with Gasteiger partial charge in [-0.3, -0.25) is 4.79 Å². The zero-order valence-corrected chi connectivity index (χ0v) is 16.6. The summed E-state index contributed by atoms with van der Waals surface area (Å²) < 4.78 is 10.5. The molecule has 3 nitrogen and oxygen atoms in total. The number of methoxy groups -OCH3 is 1. The van der Waals surface area contributed by atoms with Gasteiger partial charge in [0.25, 0.3) is 0 Å². The van der Waals surface area contributed by atoms with Crippen molar-refractivity contribution in [1.82, 2.24) is 0 Å². The molecule has 0 aliphatic carbocycles. The first kappa shape index (κ1) is 21.0. The molecule has 0 N–H and O–H groups in total. The number of ether oxygens (including phenoxy) is 2. The number of carbonyl (C=O) groups is 1. The van der Waals surface area contributed by atoms with Gasteiger partial charge < -0.3 is 9.47 Å². The number of esters is 1. The van der Waals surface area contributed by atoms with E-state index in [1.807, 2.05) is 18.7 Å². The molecule has 0 bridgehead atoms. The van der Waals surface area contributed by atoms with E-state index >= 15 is 0 Å². The topological polar surface area (TPSA) is 35.5 Å². The molecule has 0 rings (SSSR count). The molecule has 0 aromatic rings. The molecule has 2 unspecified atom stereocenters. The Kier molecular flexibility index (Phi) is 11.5. The molecule has 21 heavy (non-hydrogen) atoms. The van der Waals surface area contributed by atoms with E-state index in [1.54, 1.807) is 7.11 Å². The molecular formula is C16H34O3SSi. The number of hydrogen-bond acceptors (Lipinski definition) is 4. The minimum Gasteiger partial charge on any atom is -0.465 e. The average molecular weight is 335 g/mol. The highest BCUT2D eigenvalue weighted by atomic mass is 32.2. The van der Waals surface area contributed by atoms with Crippen molar-refractivity contribution in [2.45, 2.75) is 52.4 Å². The number of rotatable bonds is 12. The Morgan fingerprint density at radius 2 is 1.90 bits per heavy atom. The lowest BCUT2D eigenvalue weighted by Crippen LogP contribution is -2.24. The third kappa shape index (κ3) is 11.2. The van der Waals surface area contributed by atoms with E-state index in [0.29, 0.717) is 12.5 Å². The van der Waals surface area contributed by atoms with Gasteiger partial charge in [0.1, 0.15) is 0 Å². The third-order valence-electron chi connectivity index (χ3n) is 3.82. The second kappa shape index (κ2) is 11.5. The summed E-state index contributed by atoms with van der Waals surface area (Å²) in [5.41, 5.74) is 0. The molecule has 0 spiro atoms. The monoisotopic (exact) mass is 334 g/mol. The van der Waals surface area contributed by atoms with Crippen molar-refractivity contribution in [3.63, 3.8) is 0 Å². The Morgan fingerprint density at radius 3 is 2.48 bits per heavy atom. The first-order valence-electron chi connectivity index (χ1n) is 8.05. The molecule has 0 fully saturated rings. The van der Waals surface area contributed by atoms with Crippen LogP contribution in [0, 0.1) is 11.8 Å². The van der Waals surface area contributed by atoms with Gasteiger partial charge in [-0.15, -0.1) is 0 Å². The molecule has 0 saturated carbocycles. The van der Waals surface area contributed by atoms with Crippen LogP contribution in [0.4, 0.5) is 0 Å². The lowest BCUT2D eigenvalue weighted by atomic mass is 10.2. The molecule has 0 aromatic heterocycles. The van der Waals surface area contributed by atoms with Gasteiger partial charge in [0.15, 0.2) is 0 Å². The van der Waals surface area contributed by atoms with Crippen molar-refractivity contribution < 1.29 is 14.3 Å². The molecule has 2 atom stereocenters. The van der Waals surface area contributed by atoms with Gasteiger partial charge in [0.2, 0.25) is 0 Å². The van der Waals surface area contributed by atoms with Gasteiger partial charge in [0, 0.05) is 27.5 Å². The van der Waals surface area contributed by atoms with Crippen LogP contribution in [0.25, 0.3) is 0 Å². The summed E-state index contributed by atoms with van der Waals surface area (Å²) in [7, 11) is 0.701. The third-order valence-corrected chi connectivity index (χ3v) is 8.98. The van der Waals surface area contributed by atoms with Crippen molar-refractivity contribution in [2.75, 3.05) is 31.8 Å². The van der Waals surface area contributed by atoms with Gasteiger partial charge in [-0.2, -0.15) is 11.8 Å². The fourth-order valence-electron chi connectivity index (χ4n) is 1.89. The SMILES string of the molecule is CC[Si](C)(C)CCCOC(=O)C(C)CSCC(C)COC. The average Bonchev–Trinajstić information content (AvgIpc) is 2.43. The predicted molar refractivity (Wildman–Crippen MR) is 95.9 cm³/mol. The van der Waals surface area contributed by atoms with Crippen LogP contribution in [-0.2, 0) is 14.3 Å². The van der Waals surface area contributed by atoms with E-state index in [9.17, 15) is 4.79 Å². The van der Waals surface area contributed by atoms with E-state index < -0.39 is 8.07 Å². The zero-order valence-electron chi connectivity index (χ0n) is 14.7. The number of hydrogen-bond donors (Lipinski definition) is 0. The lowest BCUT2D eigenvalue weighted by molar-refractivity contribution is -0.147. The summed E-state index contributed by atoms with van der Waals surface area (Å²) in [5.74, 6) is 2.34. The molecule has 0 saturated heterocycles. The van der Waals surface area contributed by atoms with Crippen molar-refractivity contribution in [2.24, 2.45) is 11.8 Å². The summed E-state index contributed by atoms with van der Waals surface area (Å²) in [6.07, 6.45) is 1.02. The highest BCUT2D eigenvalue weighted by molar-refractivity contribution is 7.99. The van der Waals surface area contributed by atoms with Crippen LogP contribution in [0.1, 0.15) is 27.2 Å². The maximum absolute atomic E-state index is 11.9. The minimum atomic E-state index is -1.03. The quantitative estimate of drug-likeness (QED) is 0.303. The fraction of sp³-hybridized carbons (Fsp3) is 0.938. The van der Waals surface area contributed by atoms with Gasteiger partial charge >= 0.3 is 5.97 Å². The molecule has 0 aliphatic rings. The number of carbonyl (C=O) groups excluding carboxylic acids is 1. The van der Waals surface area contributed by atoms with Crippen molar-refractivity contribution in [3.8, 4) is 0 Å². The Bertz CT molecular complexity index is 285. The lowest BCUT2D eigenvalue weighted by Gasteiger charge is -2.20. The summed E-state index contributed by atoms with van der Waals surface area (Å²) >= 11 is 1.81. The fourth-order valence-corrected chi connectivity index (χ4v) is 4.47. The van der Waals surface area contributed by atoms with Crippen LogP contribution in [-0.4, -0.2) is 45.9 Å². The molecule has 0 aromatic carbocycles. The molecule has 5 heteroatoms. The van der Waals surface area contributed by atoms with Crippen LogP contribution in [0.5, 0.6) is 0 Å². The van der Waals surface area contributed by atoms with E-state index in [2.05, 4.69) is 26.9 Å². The maximum Gasteiger partial charge on any atom is 0.309 e. The summed E-state index contributed by atoms with van der Waals surface area (Å²) in [5, 5.41) is 0. The highest BCUT2D eigenvalue weighted by Gasteiger charge is 2.18. The predicted octanol–water partition coefficient (Wildman–Crippen LogP) is 4.30. The van der Waals surface area contributed by atoms with E-state index in [-0.39, 0.29) is 11.9 Å². The Labute approximate surface area is 136 Å². The molecule has 0 heterocycles. The van der Waals surface area contributed by atoms with Crippen LogP contribution in [0.15, 0.2) is 0 Å². The van der Waals surface area contributed by atoms with Gasteiger partial charge in [-0.1, -0.05) is 46.0 Å². The van der Waals surface area contributed by atoms with Crippen molar-refractivity contribution in [3.05, 3.63) is 0 Å². The minimum absolute atomic E-state index is 0.0128. The van der Waals surface area contributed by atoms with Crippen LogP contribution in [0.3, 0.4) is 0 Å². The van der Waals surface area contributed by atoms with Crippen LogP contribution >= 0.6 is 11.8 Å². The largest absolute Gasteiger partial charge is 0.465 e. The summed E-state index contributed by atoms with van der Waals surface area (Å²) in [4.78, 5) is 11.9. The van der Waals surface area contributed by atoms with Gasteiger partial charge in [-0.05, 0) is 18.1 Å². The first-order valence-corrected chi connectivity index (χ1v) is 12.6. The number of thioether (sulfide) groups is 1. The molecule has 126 valence electrons. The summed E-state index contributed by atoms with van der Waals surface area (Å²) in [6, 6.07) is 2.54. The second-order valence-electron chi connectivity index (χ2n) is 6.79. The Morgan fingerprint density at radius 1 is 1.24 bits per heavy atom. The van der Waals surface area contributed by atoms with Crippen LogP contribution < -0.4 is 0 Å². The zero-order chi connectivity index (χ0) is 16.3. The molecule has 0 amide bonds. The Balaban J connectivity index is 3.71. The van der Waals surface area contributed by atoms with Crippen molar-refractivity contribution in [1.29, 1.82) is 0 Å². The Hall–Kier alpha value is -0.00312. The molecular weight excluding hydrogens is 300 g/mol. The molecule has 0 radical (unpaired) electrons. The van der Waals surface area contributed by atoms with E-state index in [1.165, 1.54) is 12.1 Å². The van der Waals surface area contributed by atoms with E-state index in [0.717, 1.165) is 24.5 Å². The van der Waals surface area contributed by atoms with E-state index in [4.69, 9.17) is 9.47 Å². The van der Waals surface area contributed by atoms with Crippen molar-refractivity contribution >= 4 is 25.8 Å². The smallest absolute Gasteiger partial charge is 0.309 e. The normalized spacial score (nSPS) is 14.8.